The standard InChI is InChI=1S/2C16H10Br2N2OS.Cu/c2*17-12-6-11(15(21)13(18)7-12)8-19-16-20-14(9-22-16)10-4-2-1-3-5-10;/h2*1-9H,(H,19,20);. The fraction of sp³-hybridized carbons (Fsp3) is 0. The molecule has 2 aromatic carbocycles. The fourth-order valence-corrected chi connectivity index (χ4v) is 7.71. The number of Topliss-reactive ketones (excluding diaryl/α,β-unsaturated/α-hetero) is 2. The molecule has 0 aliphatic heterocycles. The summed E-state index contributed by atoms with van der Waals surface area (Å²) in [5.41, 5.74) is 5.11. The molecule has 0 amide bonds. The Morgan fingerprint density at radius 2 is 0.956 bits per heavy atom. The SMILES string of the molecule is O=C1C(Br)=CC(Br)=CC1=CNc1nc(-c2ccccc2)cs1.O=C1C(Br)=CC(Br)=CC1=CNc1nc(-c2ccccc2)cs1.[Cu]. The number of benzene rings is 2. The van der Waals surface area contributed by atoms with Crippen molar-refractivity contribution in [3.8, 4) is 22.5 Å². The maximum absolute atomic E-state index is 12.0. The van der Waals surface area contributed by atoms with Crippen molar-refractivity contribution in [3.63, 3.8) is 0 Å². The van der Waals surface area contributed by atoms with Gasteiger partial charge >= 0.3 is 0 Å². The van der Waals surface area contributed by atoms with Crippen LogP contribution in [0, 0.1) is 0 Å². The van der Waals surface area contributed by atoms with Crippen molar-refractivity contribution in [3.05, 3.63) is 137 Å². The fourth-order valence-electron chi connectivity index (χ4n) is 3.82. The van der Waals surface area contributed by atoms with Gasteiger partial charge in [-0.15, -0.1) is 22.7 Å². The number of nitrogens with zero attached hydrogens (tertiary/aromatic N) is 2. The second-order valence-electron chi connectivity index (χ2n) is 9.00. The zero-order valence-electron chi connectivity index (χ0n) is 22.7. The van der Waals surface area contributed by atoms with Gasteiger partial charge in [-0.05, 0) is 56.2 Å². The van der Waals surface area contributed by atoms with Gasteiger partial charge in [-0.1, -0.05) is 92.5 Å². The van der Waals surface area contributed by atoms with Crippen LogP contribution in [0.1, 0.15) is 0 Å². The number of nitrogens with one attached hydrogen (secondary N) is 2. The van der Waals surface area contributed by atoms with Gasteiger partial charge in [-0.2, -0.15) is 0 Å². The number of halogens is 4. The largest absolute Gasteiger partial charge is 0.337 e. The molecule has 0 saturated carbocycles. The minimum absolute atomic E-state index is 0. The third kappa shape index (κ3) is 9.76. The van der Waals surface area contributed by atoms with Crippen molar-refractivity contribution in [2.45, 2.75) is 0 Å². The van der Waals surface area contributed by atoms with Gasteiger partial charge in [-0.3, -0.25) is 9.59 Å². The van der Waals surface area contributed by atoms with Gasteiger partial charge < -0.3 is 10.6 Å². The van der Waals surface area contributed by atoms with E-state index >= 15 is 0 Å². The Kier molecular flexibility index (Phi) is 13.3. The first-order valence-electron chi connectivity index (χ1n) is 12.8. The molecular formula is C32H20Br4CuN4O2S2. The molecule has 45 heavy (non-hydrogen) atoms. The van der Waals surface area contributed by atoms with E-state index in [2.05, 4.69) is 84.3 Å². The maximum Gasteiger partial charge on any atom is 0.201 e. The number of ketones is 2. The molecule has 2 N–H and O–H groups in total. The summed E-state index contributed by atoms with van der Waals surface area (Å²) in [7, 11) is 0. The van der Waals surface area contributed by atoms with Crippen LogP contribution in [0.15, 0.2) is 137 Å². The van der Waals surface area contributed by atoms with E-state index < -0.39 is 0 Å². The van der Waals surface area contributed by atoms with E-state index in [0.717, 1.165) is 41.7 Å². The number of carbonyl (C=O) groups is 2. The number of anilines is 2. The van der Waals surface area contributed by atoms with Gasteiger partial charge in [0.2, 0.25) is 11.6 Å². The summed E-state index contributed by atoms with van der Waals surface area (Å²) in [6.07, 6.45) is 10.3. The first-order chi connectivity index (χ1) is 21.3. The molecule has 13 heteroatoms. The molecule has 4 aromatic rings. The van der Waals surface area contributed by atoms with Crippen molar-refractivity contribution in [2.75, 3.05) is 10.6 Å². The van der Waals surface area contributed by atoms with Gasteiger partial charge in [0.1, 0.15) is 0 Å². The second-order valence-corrected chi connectivity index (χ2v) is 14.3. The van der Waals surface area contributed by atoms with Crippen LogP contribution in [0.3, 0.4) is 0 Å². The molecule has 0 atom stereocenters. The Balaban J connectivity index is 0.000000200. The monoisotopic (exact) mass is 935 g/mol. The van der Waals surface area contributed by atoms with Gasteiger partial charge in [0.25, 0.3) is 0 Å². The summed E-state index contributed by atoms with van der Waals surface area (Å²) in [5.74, 6) is -0.119. The molecule has 2 aliphatic rings. The van der Waals surface area contributed by atoms with Crippen LogP contribution in [0.2, 0.25) is 0 Å². The minimum atomic E-state index is -0.0597. The molecule has 0 unspecified atom stereocenters. The zero-order valence-corrected chi connectivity index (χ0v) is 31.7. The summed E-state index contributed by atoms with van der Waals surface area (Å²) in [5, 5.41) is 11.6. The molecule has 2 aliphatic carbocycles. The van der Waals surface area contributed by atoms with E-state index in [-0.39, 0.29) is 28.6 Å². The zero-order chi connectivity index (χ0) is 31.1. The number of carbonyl (C=O) groups excluding carboxylic acids is 2. The predicted molar refractivity (Wildman–Crippen MR) is 197 cm³/mol. The van der Waals surface area contributed by atoms with E-state index in [1.807, 2.05) is 71.4 Å². The number of aromatic nitrogens is 2. The Labute approximate surface area is 312 Å². The van der Waals surface area contributed by atoms with Gasteiger partial charge in [0.15, 0.2) is 10.3 Å². The molecule has 0 fully saturated rings. The molecule has 0 saturated heterocycles. The Hall–Kier alpha value is -2.48. The molecule has 2 heterocycles. The van der Waals surface area contributed by atoms with Crippen LogP contribution < -0.4 is 10.6 Å². The van der Waals surface area contributed by atoms with Crippen LogP contribution in [0.5, 0.6) is 0 Å². The van der Waals surface area contributed by atoms with Gasteiger partial charge in [0, 0.05) is 71.5 Å². The van der Waals surface area contributed by atoms with Crippen molar-refractivity contribution < 1.29 is 26.7 Å². The summed E-state index contributed by atoms with van der Waals surface area (Å²) in [4.78, 5) is 33.1. The topological polar surface area (TPSA) is 84.0 Å². The minimum Gasteiger partial charge on any atom is -0.337 e. The summed E-state index contributed by atoms with van der Waals surface area (Å²) in [6, 6.07) is 20.0. The van der Waals surface area contributed by atoms with E-state index in [9.17, 15) is 9.59 Å². The summed E-state index contributed by atoms with van der Waals surface area (Å²) >= 11 is 16.3. The van der Waals surface area contributed by atoms with Crippen LogP contribution in [-0.4, -0.2) is 21.5 Å². The smallest absolute Gasteiger partial charge is 0.201 e. The number of rotatable bonds is 6. The van der Waals surface area contributed by atoms with Gasteiger partial charge in [-0.25, -0.2) is 9.97 Å². The number of hydrogen-bond donors (Lipinski definition) is 2. The second kappa shape index (κ2) is 16.9. The molecule has 6 rings (SSSR count). The van der Waals surface area contributed by atoms with Crippen LogP contribution in [-0.2, 0) is 26.7 Å². The Morgan fingerprint density at radius 3 is 1.33 bits per heavy atom. The van der Waals surface area contributed by atoms with Crippen LogP contribution >= 0.6 is 86.4 Å². The van der Waals surface area contributed by atoms with E-state index in [0.29, 0.717) is 20.1 Å². The molecule has 6 nitrogen and oxygen atoms in total. The molecule has 0 bridgehead atoms. The van der Waals surface area contributed by atoms with Crippen molar-refractivity contribution >= 4 is 108 Å². The van der Waals surface area contributed by atoms with Crippen LogP contribution in [0.25, 0.3) is 22.5 Å². The molecule has 2 aromatic heterocycles. The number of thiazole rings is 2. The van der Waals surface area contributed by atoms with Crippen molar-refractivity contribution in [1.29, 1.82) is 0 Å². The molecule has 0 spiro atoms. The Bertz CT molecular complexity index is 1760. The molecule has 231 valence electrons. The average molecular weight is 940 g/mol. The normalized spacial score (nSPS) is 16.1. The quantitative estimate of drug-likeness (QED) is 0.148. The first-order valence-corrected chi connectivity index (χ1v) is 17.7. The van der Waals surface area contributed by atoms with E-state index in [1.54, 1.807) is 36.7 Å². The van der Waals surface area contributed by atoms with Crippen LogP contribution in [0.4, 0.5) is 10.3 Å². The molecular weight excluding hydrogens is 920 g/mol. The number of allylic oxidation sites excluding steroid dienone is 10. The first kappa shape index (κ1) is 35.4. The van der Waals surface area contributed by atoms with Crippen molar-refractivity contribution in [2.24, 2.45) is 0 Å². The van der Waals surface area contributed by atoms with Crippen molar-refractivity contribution in [1.82, 2.24) is 9.97 Å². The third-order valence-electron chi connectivity index (χ3n) is 5.92. The Morgan fingerprint density at radius 1 is 0.578 bits per heavy atom. The predicted octanol–water partition coefficient (Wildman–Crippen LogP) is 10.5. The van der Waals surface area contributed by atoms with E-state index in [4.69, 9.17) is 0 Å². The summed E-state index contributed by atoms with van der Waals surface area (Å²) in [6.45, 7) is 0. The number of hydrogen-bond acceptors (Lipinski definition) is 8. The molecule has 1 radical (unpaired) electrons. The maximum atomic E-state index is 12.0. The third-order valence-corrected chi connectivity index (χ3v) is 9.56. The van der Waals surface area contributed by atoms with Gasteiger partial charge in [0.05, 0.1) is 20.4 Å². The average Bonchev–Trinajstić information content (AvgIpc) is 3.71. The summed E-state index contributed by atoms with van der Waals surface area (Å²) < 4.78 is 2.74. The van der Waals surface area contributed by atoms with E-state index in [1.165, 1.54) is 22.7 Å².